The van der Waals surface area contributed by atoms with E-state index >= 15 is 0 Å². The van der Waals surface area contributed by atoms with Gasteiger partial charge < -0.3 is 4.74 Å². The second kappa shape index (κ2) is 7.59. The molecule has 0 heterocycles. The molecule has 142 valence electrons. The number of esters is 1. The highest BCUT2D eigenvalue weighted by Gasteiger charge is 2.52. The summed E-state index contributed by atoms with van der Waals surface area (Å²) >= 11 is 0. The fourth-order valence-electron chi connectivity index (χ4n) is 3.61. The van der Waals surface area contributed by atoms with Crippen molar-refractivity contribution in [2.24, 2.45) is 17.3 Å². The van der Waals surface area contributed by atoms with Crippen molar-refractivity contribution in [1.29, 1.82) is 0 Å². The summed E-state index contributed by atoms with van der Waals surface area (Å²) in [6.45, 7) is 5.22. The van der Waals surface area contributed by atoms with Crippen molar-refractivity contribution in [2.75, 3.05) is 6.61 Å². The van der Waals surface area contributed by atoms with Crippen LogP contribution < -0.4 is 0 Å². The lowest BCUT2D eigenvalue weighted by Gasteiger charge is -2.40. The summed E-state index contributed by atoms with van der Waals surface area (Å²) in [5, 5.41) is -4.92. The second-order valence-corrected chi connectivity index (χ2v) is 8.41. The van der Waals surface area contributed by atoms with E-state index in [-0.39, 0.29) is 0 Å². The maximum absolute atomic E-state index is 13.4. The number of ether oxygens (including phenoxy) is 1. The summed E-state index contributed by atoms with van der Waals surface area (Å²) < 4.78 is 73.8. The fraction of sp³-hybridized carbons (Fsp3) is 0.933. The highest BCUT2D eigenvalue weighted by molar-refractivity contribution is 7.86. The number of rotatable bonds is 7. The highest BCUT2D eigenvalue weighted by atomic mass is 32.2. The maximum Gasteiger partial charge on any atom is 0.400 e. The number of hydrogen-bond acceptors (Lipinski definition) is 4. The number of halogens is 3. The Morgan fingerprint density at radius 3 is 2.25 bits per heavy atom. The minimum absolute atomic E-state index is 0.319. The van der Waals surface area contributed by atoms with Crippen LogP contribution >= 0.6 is 0 Å². The van der Waals surface area contributed by atoms with Crippen molar-refractivity contribution in [3.8, 4) is 0 Å². The van der Waals surface area contributed by atoms with Gasteiger partial charge in [-0.1, -0.05) is 20.8 Å². The van der Waals surface area contributed by atoms with Crippen LogP contribution in [0.3, 0.4) is 0 Å². The van der Waals surface area contributed by atoms with Gasteiger partial charge in [-0.05, 0) is 37.5 Å². The molecule has 0 amide bonds. The lowest BCUT2D eigenvalue weighted by Crippen LogP contribution is -2.41. The third kappa shape index (κ3) is 4.62. The van der Waals surface area contributed by atoms with Crippen molar-refractivity contribution >= 4 is 16.1 Å². The van der Waals surface area contributed by atoms with Crippen LogP contribution in [-0.2, 0) is 19.6 Å². The number of carbonyl (C=O) groups excluding carboxylic acids is 1. The summed E-state index contributed by atoms with van der Waals surface area (Å²) in [6, 6.07) is 0. The molecule has 9 heteroatoms. The molecule has 1 fully saturated rings. The van der Waals surface area contributed by atoms with Crippen LogP contribution in [-0.4, -0.2) is 37.0 Å². The topological polar surface area (TPSA) is 80.7 Å². The third-order valence-corrected chi connectivity index (χ3v) is 5.65. The molecule has 0 spiro atoms. The zero-order valence-corrected chi connectivity index (χ0v) is 14.9. The minimum atomic E-state index is -5.85. The summed E-state index contributed by atoms with van der Waals surface area (Å²) in [6.07, 6.45) is -1.41. The molecule has 24 heavy (non-hydrogen) atoms. The largest absolute Gasteiger partial charge is 0.465 e. The molecule has 0 aromatic heterocycles. The number of hydrogen-bond donors (Lipinski definition) is 1. The molecule has 1 aliphatic carbocycles. The van der Waals surface area contributed by atoms with E-state index in [1.807, 2.05) is 20.8 Å². The van der Waals surface area contributed by atoms with Gasteiger partial charge in [0.05, 0.1) is 12.0 Å². The maximum atomic E-state index is 13.4. The first-order valence-electron chi connectivity index (χ1n) is 8.02. The Morgan fingerprint density at radius 2 is 1.83 bits per heavy atom. The SMILES string of the molecule is CCC1(C(=O)OCCC(F)C(F)(F)S(=O)(=O)O)CC(C)CC(C)C1. The van der Waals surface area contributed by atoms with Gasteiger partial charge in [0.2, 0.25) is 0 Å². The van der Waals surface area contributed by atoms with Crippen molar-refractivity contribution in [1.82, 2.24) is 0 Å². The third-order valence-electron chi connectivity index (χ3n) is 4.71. The Balaban J connectivity index is 2.65. The average molecular weight is 374 g/mol. The highest BCUT2D eigenvalue weighted by Crippen LogP contribution is 2.45. The van der Waals surface area contributed by atoms with Gasteiger partial charge >= 0.3 is 21.3 Å². The summed E-state index contributed by atoms with van der Waals surface area (Å²) in [7, 11) is -5.85. The van der Waals surface area contributed by atoms with Gasteiger partial charge in [-0.3, -0.25) is 9.35 Å². The van der Waals surface area contributed by atoms with E-state index in [1.54, 1.807) is 0 Å². The van der Waals surface area contributed by atoms with Gasteiger partial charge in [-0.25, -0.2) is 4.39 Å². The van der Waals surface area contributed by atoms with E-state index in [4.69, 9.17) is 9.29 Å². The van der Waals surface area contributed by atoms with E-state index < -0.39 is 46.0 Å². The van der Waals surface area contributed by atoms with E-state index in [0.29, 0.717) is 31.1 Å². The summed E-state index contributed by atoms with van der Waals surface area (Å²) in [5.74, 6) is 0.0730. The van der Waals surface area contributed by atoms with E-state index in [0.717, 1.165) is 6.42 Å². The minimum Gasteiger partial charge on any atom is -0.465 e. The average Bonchev–Trinajstić information content (AvgIpc) is 2.44. The molecule has 1 rings (SSSR count). The predicted octanol–water partition coefficient (Wildman–Crippen LogP) is 3.59. The zero-order valence-electron chi connectivity index (χ0n) is 14.1. The Bertz CT molecular complexity index is 539. The monoisotopic (exact) mass is 374 g/mol. The molecule has 0 aromatic rings. The van der Waals surface area contributed by atoms with Crippen LogP contribution in [0.5, 0.6) is 0 Å². The number of carbonyl (C=O) groups is 1. The van der Waals surface area contributed by atoms with Crippen LogP contribution in [0, 0.1) is 17.3 Å². The van der Waals surface area contributed by atoms with Gasteiger partial charge in [-0.15, -0.1) is 0 Å². The lowest BCUT2D eigenvalue weighted by molar-refractivity contribution is -0.161. The van der Waals surface area contributed by atoms with Crippen LogP contribution in [0.15, 0.2) is 0 Å². The van der Waals surface area contributed by atoms with Crippen molar-refractivity contribution in [3.05, 3.63) is 0 Å². The first-order chi connectivity index (χ1) is 10.9. The molecule has 3 atom stereocenters. The predicted molar refractivity (Wildman–Crippen MR) is 81.9 cm³/mol. The summed E-state index contributed by atoms with van der Waals surface area (Å²) in [4.78, 5) is 12.4. The molecule has 3 unspecified atom stereocenters. The van der Waals surface area contributed by atoms with Gasteiger partial charge in [0, 0.05) is 6.42 Å². The van der Waals surface area contributed by atoms with E-state index in [1.165, 1.54) is 0 Å². The Hall–Kier alpha value is -0.830. The lowest BCUT2D eigenvalue weighted by atomic mass is 9.65. The van der Waals surface area contributed by atoms with Crippen LogP contribution in [0.2, 0.25) is 0 Å². The molecule has 1 aliphatic rings. The molecule has 1 saturated carbocycles. The number of alkyl halides is 3. The molecule has 0 saturated heterocycles. The quantitative estimate of drug-likeness (QED) is 0.544. The fourth-order valence-corrected chi connectivity index (χ4v) is 4.05. The molecule has 0 aliphatic heterocycles. The first kappa shape index (κ1) is 21.2. The van der Waals surface area contributed by atoms with E-state index in [2.05, 4.69) is 0 Å². The molecular weight excluding hydrogens is 349 g/mol. The Kier molecular flexibility index (Phi) is 6.71. The molecule has 0 radical (unpaired) electrons. The molecular formula is C15H25F3O5S. The Morgan fingerprint density at radius 1 is 1.33 bits per heavy atom. The smallest absolute Gasteiger partial charge is 0.400 e. The standard InChI is InChI=1S/C15H25F3O5S/c1-4-14(8-10(2)7-11(3)9-14)13(19)23-6-5-12(16)15(17,18)24(20,21)22/h10-12H,4-9H2,1-3H3,(H,20,21,22). The first-order valence-corrected chi connectivity index (χ1v) is 9.46. The molecule has 0 aromatic carbocycles. The normalized spacial score (nSPS) is 30.0. The molecule has 5 nitrogen and oxygen atoms in total. The Labute approximate surface area is 140 Å². The van der Waals surface area contributed by atoms with Gasteiger partial charge in [0.25, 0.3) is 0 Å². The van der Waals surface area contributed by atoms with Crippen LogP contribution in [0.25, 0.3) is 0 Å². The molecule has 0 bridgehead atoms. The van der Waals surface area contributed by atoms with Gasteiger partial charge in [0.1, 0.15) is 0 Å². The van der Waals surface area contributed by atoms with Crippen LogP contribution in [0.1, 0.15) is 52.9 Å². The second-order valence-electron chi connectivity index (χ2n) is 6.92. The van der Waals surface area contributed by atoms with Gasteiger partial charge in [0.15, 0.2) is 6.17 Å². The van der Waals surface area contributed by atoms with Crippen molar-refractivity contribution < 1.29 is 35.7 Å². The van der Waals surface area contributed by atoms with Crippen molar-refractivity contribution in [2.45, 2.75) is 64.3 Å². The van der Waals surface area contributed by atoms with E-state index in [9.17, 15) is 26.4 Å². The van der Waals surface area contributed by atoms with Gasteiger partial charge in [-0.2, -0.15) is 17.2 Å². The zero-order chi connectivity index (χ0) is 18.8. The van der Waals surface area contributed by atoms with Crippen molar-refractivity contribution in [3.63, 3.8) is 0 Å². The van der Waals surface area contributed by atoms with Crippen LogP contribution in [0.4, 0.5) is 13.2 Å². The summed E-state index contributed by atoms with van der Waals surface area (Å²) in [5.41, 5.74) is -0.714. The molecule has 1 N–H and O–H groups in total.